The Morgan fingerprint density at radius 2 is 1.44 bits per heavy atom. The summed E-state index contributed by atoms with van der Waals surface area (Å²) in [6.45, 7) is 35.6. The highest BCUT2D eigenvalue weighted by Gasteiger charge is 2.34. The first-order chi connectivity index (χ1) is 20.2. The Kier molecular flexibility index (Phi) is 17.5. The molecule has 1 unspecified atom stereocenters. The van der Waals surface area contributed by atoms with Crippen LogP contribution in [0, 0.1) is 10.8 Å². The largest absolute Gasteiger partial charge is 0.359 e. The van der Waals surface area contributed by atoms with Gasteiger partial charge in [0.05, 0.1) is 17.4 Å². The summed E-state index contributed by atoms with van der Waals surface area (Å²) in [5.74, 6) is 0.0885. The van der Waals surface area contributed by atoms with Crippen LogP contribution < -0.4 is 15.8 Å². The molecule has 3 rings (SSSR count). The van der Waals surface area contributed by atoms with Crippen molar-refractivity contribution in [1.29, 1.82) is 0 Å². The zero-order valence-corrected chi connectivity index (χ0v) is 29.6. The fourth-order valence-corrected chi connectivity index (χ4v) is 4.01. The maximum atomic E-state index is 13.4. The molecule has 1 heterocycles. The van der Waals surface area contributed by atoms with E-state index in [1.807, 2.05) is 101 Å². The van der Waals surface area contributed by atoms with E-state index in [9.17, 15) is 4.79 Å². The highest BCUT2D eigenvalue weighted by atomic mass is 16.1. The van der Waals surface area contributed by atoms with E-state index in [0.29, 0.717) is 18.5 Å². The zero-order valence-electron chi connectivity index (χ0n) is 29.6. The first-order valence-corrected chi connectivity index (χ1v) is 16.0. The van der Waals surface area contributed by atoms with E-state index in [1.165, 1.54) is 5.57 Å². The van der Waals surface area contributed by atoms with Gasteiger partial charge in [-0.3, -0.25) is 9.80 Å². The number of nitrogens with one attached hydrogen (secondary N) is 2. The molecule has 1 aliphatic rings. The van der Waals surface area contributed by atoms with Gasteiger partial charge in [-0.15, -0.1) is 0 Å². The number of allylic oxidation sites excluding steroid dienone is 4. The Morgan fingerprint density at radius 1 is 0.907 bits per heavy atom. The molecule has 0 radical (unpaired) electrons. The number of hydrogen-bond acceptors (Lipinski definition) is 4. The molecule has 2 aromatic carbocycles. The van der Waals surface area contributed by atoms with E-state index in [4.69, 9.17) is 0 Å². The van der Waals surface area contributed by atoms with Gasteiger partial charge in [-0.1, -0.05) is 138 Å². The molecule has 0 aliphatic carbocycles. The van der Waals surface area contributed by atoms with Crippen molar-refractivity contribution < 1.29 is 6.22 Å². The summed E-state index contributed by atoms with van der Waals surface area (Å²) in [6.07, 6.45) is 5.23. The van der Waals surface area contributed by atoms with Crippen molar-refractivity contribution in [3.05, 3.63) is 108 Å². The van der Waals surface area contributed by atoms with E-state index in [2.05, 4.69) is 84.5 Å². The maximum absolute atomic E-state index is 13.4. The van der Waals surface area contributed by atoms with Crippen molar-refractivity contribution in [1.82, 2.24) is 5.43 Å². The SMILES string of the molecule is C=C(/C=C(\C)C(C)(C)C)CC(=C)Nc1ccc(CC(=O)C2=CC(C(C)(C)C)NN2c2ccccc2)cc1.CC.CC.CC.[HH]. The molecule has 0 aromatic heterocycles. The lowest BCUT2D eigenvalue weighted by Gasteiger charge is -2.29. The molecule has 4 nitrogen and oxygen atoms in total. The maximum Gasteiger partial charge on any atom is 0.184 e. The molecule has 240 valence electrons. The molecule has 1 atom stereocenters. The third-order valence-electron chi connectivity index (χ3n) is 6.75. The molecule has 0 saturated heterocycles. The molecule has 1 aliphatic heterocycles. The molecular weight excluding hydrogens is 526 g/mol. The molecule has 0 saturated carbocycles. The van der Waals surface area contributed by atoms with Gasteiger partial charge < -0.3 is 5.32 Å². The number of anilines is 2. The molecule has 2 aromatic rings. The van der Waals surface area contributed by atoms with Gasteiger partial charge in [-0.05, 0) is 59.2 Å². The minimum Gasteiger partial charge on any atom is -0.359 e. The summed E-state index contributed by atoms with van der Waals surface area (Å²) in [6, 6.07) is 18.1. The van der Waals surface area contributed by atoms with Crippen LogP contribution in [0.4, 0.5) is 11.4 Å². The summed E-state index contributed by atoms with van der Waals surface area (Å²) in [5, 5.41) is 5.30. The quantitative estimate of drug-likeness (QED) is 0.286. The summed E-state index contributed by atoms with van der Waals surface area (Å²) < 4.78 is 0. The summed E-state index contributed by atoms with van der Waals surface area (Å²) in [4.78, 5) is 13.4. The lowest BCUT2D eigenvalue weighted by Crippen LogP contribution is -2.44. The zero-order chi connectivity index (χ0) is 33.4. The predicted octanol–water partition coefficient (Wildman–Crippen LogP) is 11.3. The van der Waals surface area contributed by atoms with E-state index in [0.717, 1.165) is 28.2 Å². The number of carbonyl (C=O) groups excluding carboxylic acids is 1. The van der Waals surface area contributed by atoms with Gasteiger partial charge in [0, 0.05) is 25.7 Å². The van der Waals surface area contributed by atoms with Crippen LogP contribution in [0.2, 0.25) is 0 Å². The number of hydrazine groups is 1. The van der Waals surface area contributed by atoms with Crippen molar-refractivity contribution in [2.75, 3.05) is 10.3 Å². The Balaban J connectivity index is 0. The standard InChI is InChI=1S/C33H43N3O.3C2H6.H2/c1-23(19-24(2)32(4,5)6)20-25(3)34-27-17-15-26(16-18-27)21-30(37)29-22-31(33(7,8)9)35-36(29)28-13-11-10-12-14-28;3*1-2;/h10-19,22,31,34-35H,1,3,20-21H2,2,4-9H3;3*1-2H3;1H/b24-19+;;;;. The Bertz CT molecular complexity index is 1200. The van der Waals surface area contributed by atoms with Crippen LogP contribution in [-0.2, 0) is 11.2 Å². The summed E-state index contributed by atoms with van der Waals surface area (Å²) >= 11 is 0. The fourth-order valence-electron chi connectivity index (χ4n) is 4.01. The van der Waals surface area contributed by atoms with Gasteiger partial charge in [0.2, 0.25) is 0 Å². The number of Topliss-reactive ketones (excluding diaryl/α,β-unsaturated/α-hetero) is 1. The number of hydrogen-bond donors (Lipinski definition) is 2. The number of carbonyl (C=O) groups is 1. The monoisotopic (exact) mass is 589 g/mol. The van der Waals surface area contributed by atoms with Gasteiger partial charge in [0.15, 0.2) is 5.78 Å². The lowest BCUT2D eigenvalue weighted by molar-refractivity contribution is -0.115. The second kappa shape index (κ2) is 19.0. The van der Waals surface area contributed by atoms with Crippen molar-refractivity contribution >= 4 is 17.2 Å². The van der Waals surface area contributed by atoms with Crippen LogP contribution in [0.3, 0.4) is 0 Å². The van der Waals surface area contributed by atoms with Crippen molar-refractivity contribution in [3.8, 4) is 0 Å². The Hall–Kier alpha value is -3.37. The lowest BCUT2D eigenvalue weighted by atomic mass is 9.86. The molecule has 43 heavy (non-hydrogen) atoms. The van der Waals surface area contributed by atoms with Crippen LogP contribution >= 0.6 is 0 Å². The summed E-state index contributed by atoms with van der Waals surface area (Å²) in [7, 11) is 0. The van der Waals surface area contributed by atoms with Crippen LogP contribution in [0.15, 0.2) is 102 Å². The van der Waals surface area contributed by atoms with Gasteiger partial charge in [0.25, 0.3) is 0 Å². The highest BCUT2D eigenvalue weighted by Crippen LogP contribution is 2.31. The Labute approximate surface area is 266 Å². The second-order valence-electron chi connectivity index (χ2n) is 12.1. The van der Waals surface area contributed by atoms with E-state index < -0.39 is 0 Å². The molecule has 0 bridgehead atoms. The van der Waals surface area contributed by atoms with E-state index in [-0.39, 0.29) is 24.1 Å². The summed E-state index contributed by atoms with van der Waals surface area (Å²) in [5.41, 5.74) is 10.4. The normalized spacial score (nSPS) is 14.5. The minimum atomic E-state index is -0.0166. The van der Waals surface area contributed by atoms with Crippen LogP contribution in [0.1, 0.15) is 103 Å². The molecular formula is C39H63N3O. The molecule has 0 fully saturated rings. The van der Waals surface area contributed by atoms with Crippen molar-refractivity contribution in [2.45, 2.75) is 109 Å². The van der Waals surface area contributed by atoms with E-state index >= 15 is 0 Å². The van der Waals surface area contributed by atoms with Crippen LogP contribution in [-0.4, -0.2) is 11.8 Å². The number of nitrogens with zero attached hydrogens (tertiary/aromatic N) is 1. The van der Waals surface area contributed by atoms with Crippen LogP contribution in [0.25, 0.3) is 0 Å². The number of rotatable bonds is 9. The van der Waals surface area contributed by atoms with Gasteiger partial charge >= 0.3 is 0 Å². The van der Waals surface area contributed by atoms with Crippen molar-refractivity contribution in [3.63, 3.8) is 0 Å². The smallest absolute Gasteiger partial charge is 0.184 e. The number of benzene rings is 2. The number of ketones is 1. The predicted molar refractivity (Wildman–Crippen MR) is 194 cm³/mol. The second-order valence-corrected chi connectivity index (χ2v) is 12.1. The number of para-hydroxylation sites is 1. The highest BCUT2D eigenvalue weighted by molar-refractivity contribution is 6.00. The first kappa shape index (κ1) is 39.6. The molecule has 0 amide bonds. The van der Waals surface area contributed by atoms with Gasteiger partial charge in [-0.25, -0.2) is 5.43 Å². The third kappa shape index (κ3) is 13.2. The van der Waals surface area contributed by atoms with Gasteiger partial charge in [0.1, 0.15) is 0 Å². The third-order valence-corrected chi connectivity index (χ3v) is 6.75. The average Bonchev–Trinajstić information content (AvgIpc) is 3.44. The fraction of sp³-hybridized carbons (Fsp3) is 0.462. The molecule has 2 N–H and O–H groups in total. The Morgan fingerprint density at radius 3 is 1.93 bits per heavy atom. The minimum absolute atomic E-state index is 0. The van der Waals surface area contributed by atoms with Gasteiger partial charge in [-0.2, -0.15) is 0 Å². The molecule has 4 heteroatoms. The average molecular weight is 590 g/mol. The topological polar surface area (TPSA) is 44.4 Å². The van der Waals surface area contributed by atoms with E-state index in [1.54, 1.807) is 0 Å². The first-order valence-electron chi connectivity index (χ1n) is 16.0. The van der Waals surface area contributed by atoms with Crippen molar-refractivity contribution in [2.24, 2.45) is 10.8 Å². The van der Waals surface area contributed by atoms with Crippen LogP contribution in [0.5, 0.6) is 0 Å². The molecule has 0 spiro atoms.